The van der Waals surface area contributed by atoms with Crippen LogP contribution in [0.3, 0.4) is 0 Å². The van der Waals surface area contributed by atoms with Crippen LogP contribution >= 0.6 is 0 Å². The molecule has 1 radical (unpaired) electrons. The molecule has 0 unspecified atom stereocenters. The average Bonchev–Trinajstić information content (AvgIpc) is 1.82. The van der Waals surface area contributed by atoms with Gasteiger partial charge in [0.2, 0.25) is 0 Å². The number of ketones is 2. The van der Waals surface area contributed by atoms with Crippen molar-refractivity contribution < 1.29 is 36.7 Å². The first-order valence-electron chi connectivity index (χ1n) is 3.25. The predicted molar refractivity (Wildman–Crippen MR) is 36.8 cm³/mol. The summed E-state index contributed by atoms with van der Waals surface area (Å²) < 4.78 is 4.79. The maximum absolute atomic E-state index is 10.7. The minimum atomic E-state index is -0.144. The summed E-state index contributed by atoms with van der Waals surface area (Å²) in [6.07, 6.45) is -0.000000000000000222. The third-order valence-electron chi connectivity index (χ3n) is 0.913. The molecule has 3 nitrogen and oxygen atoms in total. The molecule has 0 saturated heterocycles. The number of hydrogen-bond donors (Lipinski definition) is 0. The Balaban J connectivity index is 0. The van der Waals surface area contributed by atoms with E-state index in [1.807, 2.05) is 0 Å². The summed E-state index contributed by atoms with van der Waals surface area (Å²) in [4.78, 5) is 21.0. The van der Waals surface area contributed by atoms with Gasteiger partial charge in [0.1, 0.15) is 12.4 Å². The molecular formula is C7H12O3Ta. The summed E-state index contributed by atoms with van der Waals surface area (Å²) in [6.45, 7) is 3.78. The molecule has 0 aromatic heterocycles. The first-order valence-corrected chi connectivity index (χ1v) is 3.25. The molecule has 0 N–H and O–H groups in total. The van der Waals surface area contributed by atoms with E-state index < -0.39 is 0 Å². The van der Waals surface area contributed by atoms with Gasteiger partial charge in [-0.05, 0) is 13.8 Å². The van der Waals surface area contributed by atoms with Gasteiger partial charge in [-0.2, -0.15) is 0 Å². The Morgan fingerprint density at radius 1 is 1.36 bits per heavy atom. The molecule has 0 saturated carbocycles. The van der Waals surface area contributed by atoms with E-state index in [1.54, 1.807) is 6.92 Å². The molecule has 0 heterocycles. The van der Waals surface area contributed by atoms with Crippen LogP contribution < -0.4 is 0 Å². The van der Waals surface area contributed by atoms with Gasteiger partial charge in [0.05, 0.1) is 6.42 Å². The third kappa shape index (κ3) is 10.0. The zero-order chi connectivity index (χ0) is 7.98. The van der Waals surface area contributed by atoms with Crippen LogP contribution in [0.15, 0.2) is 0 Å². The molecule has 63 valence electrons. The molecule has 0 bridgehead atoms. The van der Waals surface area contributed by atoms with Gasteiger partial charge in [-0.1, -0.05) is 0 Å². The van der Waals surface area contributed by atoms with Crippen LogP contribution in [0.25, 0.3) is 0 Å². The Hall–Kier alpha value is 0.0403. The summed E-state index contributed by atoms with van der Waals surface area (Å²) in [5, 5.41) is 0. The van der Waals surface area contributed by atoms with E-state index in [9.17, 15) is 9.59 Å². The molecule has 4 heteroatoms. The van der Waals surface area contributed by atoms with Gasteiger partial charge < -0.3 is 4.74 Å². The average molecular weight is 325 g/mol. The van der Waals surface area contributed by atoms with E-state index in [1.165, 1.54) is 6.92 Å². The van der Waals surface area contributed by atoms with Gasteiger partial charge in [0.25, 0.3) is 0 Å². The van der Waals surface area contributed by atoms with Crippen molar-refractivity contribution >= 4 is 11.6 Å². The van der Waals surface area contributed by atoms with Crippen LogP contribution in [0.5, 0.6) is 0 Å². The number of carbonyl (C=O) groups is 2. The second-order valence-corrected chi connectivity index (χ2v) is 2.05. The summed E-state index contributed by atoms with van der Waals surface area (Å²) in [5.41, 5.74) is 0. The Kier molecular flexibility index (Phi) is 10.1. The summed E-state index contributed by atoms with van der Waals surface area (Å²) in [5.74, 6) is -0.251. The summed E-state index contributed by atoms with van der Waals surface area (Å²) >= 11 is 0. The summed E-state index contributed by atoms with van der Waals surface area (Å²) in [6, 6.07) is 0. The van der Waals surface area contributed by atoms with Crippen LogP contribution in [0.2, 0.25) is 0 Å². The van der Waals surface area contributed by atoms with E-state index in [4.69, 9.17) is 4.74 Å². The van der Waals surface area contributed by atoms with Crippen molar-refractivity contribution in [3.8, 4) is 0 Å². The van der Waals surface area contributed by atoms with E-state index in [-0.39, 0.29) is 47.0 Å². The molecule has 0 aromatic carbocycles. The number of ether oxygens (including phenoxy) is 1. The van der Waals surface area contributed by atoms with Crippen molar-refractivity contribution in [2.24, 2.45) is 0 Å². The van der Waals surface area contributed by atoms with Crippen molar-refractivity contribution in [1.82, 2.24) is 0 Å². The molecule has 0 aliphatic carbocycles. The van der Waals surface area contributed by atoms with Gasteiger partial charge in [-0.25, -0.2) is 0 Å². The van der Waals surface area contributed by atoms with E-state index in [0.29, 0.717) is 6.61 Å². The standard InChI is InChI=1S/C7H12O3.Ta/c1-3-10-5-7(9)4-6(2)8;/h3-5H2,1-2H3;. The van der Waals surface area contributed by atoms with Crippen molar-refractivity contribution in [3.05, 3.63) is 0 Å². The molecule has 0 rings (SSSR count). The van der Waals surface area contributed by atoms with Gasteiger partial charge in [-0.15, -0.1) is 0 Å². The van der Waals surface area contributed by atoms with E-state index in [0.717, 1.165) is 0 Å². The monoisotopic (exact) mass is 325 g/mol. The first-order chi connectivity index (χ1) is 4.66. The SMILES string of the molecule is CCOCC(=O)CC(C)=O.[Ta]. The number of Topliss-reactive ketones (excluding diaryl/α,β-unsaturated/α-hetero) is 2. The number of rotatable bonds is 5. The normalized spacial score (nSPS) is 8.55. The minimum Gasteiger partial charge on any atom is -0.374 e. The molecule has 0 fully saturated rings. The maximum atomic E-state index is 10.7. The third-order valence-corrected chi connectivity index (χ3v) is 0.913. The first kappa shape index (κ1) is 13.6. The fourth-order valence-corrected chi connectivity index (χ4v) is 0.545. The van der Waals surface area contributed by atoms with Gasteiger partial charge in [-0.3, -0.25) is 9.59 Å². The Morgan fingerprint density at radius 2 is 1.91 bits per heavy atom. The molecule has 0 aliphatic rings. The van der Waals surface area contributed by atoms with Crippen LogP contribution in [-0.4, -0.2) is 24.8 Å². The molecule has 0 aliphatic heterocycles. The molecule has 0 spiro atoms. The zero-order valence-corrected chi connectivity index (χ0v) is 10.0. The van der Waals surface area contributed by atoms with Gasteiger partial charge >= 0.3 is 0 Å². The Labute approximate surface area is 82.0 Å². The number of hydrogen-bond acceptors (Lipinski definition) is 3. The van der Waals surface area contributed by atoms with Crippen LogP contribution in [-0.2, 0) is 36.7 Å². The number of carbonyl (C=O) groups excluding carboxylic acids is 2. The minimum absolute atomic E-state index is 0. The molecule has 0 amide bonds. The fourth-order valence-electron chi connectivity index (χ4n) is 0.545. The molecule has 0 aromatic rings. The maximum Gasteiger partial charge on any atom is 0.165 e. The zero-order valence-electron chi connectivity index (χ0n) is 6.79. The van der Waals surface area contributed by atoms with Crippen LogP contribution in [0, 0.1) is 0 Å². The Bertz CT molecular complexity index is 134. The van der Waals surface area contributed by atoms with Crippen LogP contribution in [0.4, 0.5) is 0 Å². The van der Waals surface area contributed by atoms with Crippen molar-refractivity contribution in [2.75, 3.05) is 13.2 Å². The van der Waals surface area contributed by atoms with Crippen molar-refractivity contribution in [3.63, 3.8) is 0 Å². The topological polar surface area (TPSA) is 43.4 Å². The van der Waals surface area contributed by atoms with Gasteiger partial charge in [0, 0.05) is 29.0 Å². The quantitative estimate of drug-likeness (QED) is 0.694. The predicted octanol–water partition coefficient (Wildman–Crippen LogP) is 0.569. The Morgan fingerprint density at radius 3 is 2.27 bits per heavy atom. The largest absolute Gasteiger partial charge is 0.374 e. The van der Waals surface area contributed by atoms with Crippen LogP contribution in [0.1, 0.15) is 20.3 Å². The van der Waals surface area contributed by atoms with Crippen molar-refractivity contribution in [1.29, 1.82) is 0 Å². The molecular weight excluding hydrogens is 313 g/mol. The van der Waals surface area contributed by atoms with Crippen molar-refractivity contribution in [2.45, 2.75) is 20.3 Å². The summed E-state index contributed by atoms with van der Waals surface area (Å²) in [7, 11) is 0. The molecule has 0 atom stereocenters. The van der Waals surface area contributed by atoms with E-state index >= 15 is 0 Å². The molecule has 11 heavy (non-hydrogen) atoms. The van der Waals surface area contributed by atoms with Gasteiger partial charge in [0.15, 0.2) is 5.78 Å². The second kappa shape index (κ2) is 8.14. The van der Waals surface area contributed by atoms with E-state index in [2.05, 4.69) is 0 Å². The second-order valence-electron chi connectivity index (χ2n) is 2.05. The fraction of sp³-hybridized carbons (Fsp3) is 0.714. The smallest absolute Gasteiger partial charge is 0.165 e.